The molecule has 1 aromatic heterocycles. The van der Waals surface area contributed by atoms with Gasteiger partial charge in [-0.15, -0.1) is 0 Å². The predicted octanol–water partition coefficient (Wildman–Crippen LogP) is 1.88. The molecule has 1 N–H and O–H groups in total. The van der Waals surface area contributed by atoms with Gasteiger partial charge in [0, 0.05) is 31.9 Å². The van der Waals surface area contributed by atoms with Crippen LogP contribution in [-0.2, 0) is 11.3 Å². The molecule has 0 saturated carbocycles. The maximum Gasteiger partial charge on any atom is 0.272 e. The summed E-state index contributed by atoms with van der Waals surface area (Å²) in [5, 5.41) is 2.86. The summed E-state index contributed by atoms with van der Waals surface area (Å²) in [7, 11) is 0. The van der Waals surface area contributed by atoms with Gasteiger partial charge in [-0.3, -0.25) is 9.59 Å². The Hall–Kier alpha value is -2.21. The number of fused-ring (bicyclic) bond motifs is 1. The van der Waals surface area contributed by atoms with E-state index in [0.717, 1.165) is 11.9 Å². The van der Waals surface area contributed by atoms with Crippen LogP contribution in [0.4, 0.5) is 0 Å². The molecule has 0 aliphatic heterocycles. The van der Waals surface area contributed by atoms with Gasteiger partial charge in [0.05, 0.1) is 11.0 Å². The van der Waals surface area contributed by atoms with Crippen LogP contribution >= 0.6 is 0 Å². The van der Waals surface area contributed by atoms with Gasteiger partial charge in [0.1, 0.15) is 5.69 Å². The average molecular weight is 317 g/mol. The fourth-order valence-corrected chi connectivity index (χ4v) is 2.45. The number of nitrogens with one attached hydrogen (secondary N) is 1. The molecule has 0 aliphatic carbocycles. The summed E-state index contributed by atoms with van der Waals surface area (Å²) in [5.74, 6) is -0.142. The lowest BCUT2D eigenvalue weighted by Crippen LogP contribution is -2.26. The largest absolute Gasteiger partial charge is 0.382 e. The molecule has 1 aromatic carbocycles. The van der Waals surface area contributed by atoms with Crippen molar-refractivity contribution < 1.29 is 9.53 Å². The van der Waals surface area contributed by atoms with E-state index in [-0.39, 0.29) is 11.5 Å². The third-order valence-corrected chi connectivity index (χ3v) is 3.64. The van der Waals surface area contributed by atoms with Gasteiger partial charge in [0.2, 0.25) is 0 Å². The van der Waals surface area contributed by atoms with Crippen molar-refractivity contribution in [2.24, 2.45) is 0 Å². The fourth-order valence-electron chi connectivity index (χ4n) is 2.45. The third kappa shape index (κ3) is 3.96. The first-order valence-corrected chi connectivity index (χ1v) is 7.95. The number of aromatic nitrogens is 2. The van der Waals surface area contributed by atoms with Crippen molar-refractivity contribution in [3.05, 3.63) is 39.8 Å². The molecule has 0 radical (unpaired) electrons. The first-order chi connectivity index (χ1) is 11.1. The van der Waals surface area contributed by atoms with Crippen LogP contribution in [0.15, 0.2) is 23.0 Å². The Morgan fingerprint density at radius 3 is 2.83 bits per heavy atom. The number of carbonyl (C=O) groups excluding carboxylic acids is 1. The highest BCUT2D eigenvalue weighted by Gasteiger charge is 2.10. The van der Waals surface area contributed by atoms with Crippen molar-refractivity contribution in [3.8, 4) is 0 Å². The third-order valence-electron chi connectivity index (χ3n) is 3.64. The standard InChI is InChI=1S/C17H23N3O3/c1-4-20-15-8-7-13(11-14(15)19-12(3)17(20)22)16(21)18-9-6-10-23-5-2/h7-8,11H,4-6,9-10H2,1-3H3,(H,18,21). The van der Waals surface area contributed by atoms with Crippen LogP contribution in [-0.4, -0.2) is 35.2 Å². The highest BCUT2D eigenvalue weighted by molar-refractivity contribution is 5.97. The zero-order valence-corrected chi connectivity index (χ0v) is 13.9. The molecule has 23 heavy (non-hydrogen) atoms. The molecule has 0 unspecified atom stereocenters. The zero-order chi connectivity index (χ0) is 16.8. The summed E-state index contributed by atoms with van der Waals surface area (Å²) in [5.41, 5.74) is 2.30. The van der Waals surface area contributed by atoms with Crippen molar-refractivity contribution in [2.45, 2.75) is 33.7 Å². The number of aryl methyl sites for hydroxylation is 2. The van der Waals surface area contributed by atoms with Gasteiger partial charge >= 0.3 is 0 Å². The molecule has 2 rings (SSSR count). The Morgan fingerprint density at radius 2 is 2.13 bits per heavy atom. The van der Waals surface area contributed by atoms with E-state index in [2.05, 4.69) is 10.3 Å². The van der Waals surface area contributed by atoms with E-state index >= 15 is 0 Å². The second-order valence-corrected chi connectivity index (χ2v) is 5.26. The summed E-state index contributed by atoms with van der Waals surface area (Å²) < 4.78 is 6.90. The Bertz CT molecular complexity index is 753. The molecule has 0 fully saturated rings. The molecule has 6 heteroatoms. The molecule has 0 aliphatic rings. The lowest BCUT2D eigenvalue weighted by molar-refractivity contribution is 0.0944. The molecule has 0 spiro atoms. The van der Waals surface area contributed by atoms with E-state index < -0.39 is 0 Å². The molecule has 0 saturated heterocycles. The Morgan fingerprint density at radius 1 is 1.35 bits per heavy atom. The Labute approximate surface area is 135 Å². The fraction of sp³-hybridized carbons (Fsp3) is 0.471. The highest BCUT2D eigenvalue weighted by Crippen LogP contribution is 2.13. The van der Waals surface area contributed by atoms with Gasteiger partial charge in [0.15, 0.2) is 0 Å². The molecule has 2 aromatic rings. The molecule has 6 nitrogen and oxygen atoms in total. The number of ether oxygens (including phenoxy) is 1. The van der Waals surface area contributed by atoms with Crippen molar-refractivity contribution in [3.63, 3.8) is 0 Å². The summed E-state index contributed by atoms with van der Waals surface area (Å²) >= 11 is 0. The number of hydrogen-bond donors (Lipinski definition) is 1. The van der Waals surface area contributed by atoms with Gasteiger partial charge in [-0.1, -0.05) is 0 Å². The Balaban J connectivity index is 2.18. The minimum atomic E-state index is -0.142. The molecule has 0 bridgehead atoms. The first-order valence-electron chi connectivity index (χ1n) is 7.95. The van der Waals surface area contributed by atoms with E-state index in [1.54, 1.807) is 29.7 Å². The van der Waals surface area contributed by atoms with Gasteiger partial charge in [-0.25, -0.2) is 4.98 Å². The smallest absolute Gasteiger partial charge is 0.272 e. The summed E-state index contributed by atoms with van der Waals surface area (Å²) in [6, 6.07) is 5.23. The Kier molecular flexibility index (Phi) is 5.87. The van der Waals surface area contributed by atoms with E-state index in [9.17, 15) is 9.59 Å². The minimum absolute atomic E-state index is 0.0897. The average Bonchev–Trinajstić information content (AvgIpc) is 2.55. The SMILES string of the molecule is CCOCCCNC(=O)c1ccc2c(c1)nc(C)c(=O)n2CC. The number of amides is 1. The molecular formula is C17H23N3O3. The van der Waals surface area contributed by atoms with Crippen molar-refractivity contribution in [1.29, 1.82) is 0 Å². The van der Waals surface area contributed by atoms with Crippen LogP contribution in [0.2, 0.25) is 0 Å². The van der Waals surface area contributed by atoms with E-state index in [0.29, 0.717) is 43.1 Å². The minimum Gasteiger partial charge on any atom is -0.382 e. The molecular weight excluding hydrogens is 294 g/mol. The van der Waals surface area contributed by atoms with Crippen LogP contribution in [0.3, 0.4) is 0 Å². The first kappa shape index (κ1) is 17.1. The van der Waals surface area contributed by atoms with E-state index in [1.807, 2.05) is 13.8 Å². The number of carbonyl (C=O) groups is 1. The van der Waals surface area contributed by atoms with Gasteiger partial charge in [-0.2, -0.15) is 0 Å². The maximum atomic E-state index is 12.2. The lowest BCUT2D eigenvalue weighted by atomic mass is 10.1. The molecule has 124 valence electrons. The number of benzene rings is 1. The van der Waals surface area contributed by atoms with Crippen molar-refractivity contribution >= 4 is 16.9 Å². The summed E-state index contributed by atoms with van der Waals surface area (Å²) in [6.45, 7) is 8.01. The second-order valence-electron chi connectivity index (χ2n) is 5.26. The van der Waals surface area contributed by atoms with Gasteiger partial charge < -0.3 is 14.6 Å². The normalized spacial score (nSPS) is 10.9. The van der Waals surface area contributed by atoms with Crippen LogP contribution in [0.1, 0.15) is 36.3 Å². The number of rotatable bonds is 7. The van der Waals surface area contributed by atoms with Crippen LogP contribution < -0.4 is 10.9 Å². The highest BCUT2D eigenvalue weighted by atomic mass is 16.5. The van der Waals surface area contributed by atoms with Gasteiger partial charge in [0.25, 0.3) is 11.5 Å². The van der Waals surface area contributed by atoms with Crippen LogP contribution in [0.5, 0.6) is 0 Å². The number of nitrogens with zero attached hydrogens (tertiary/aromatic N) is 2. The van der Waals surface area contributed by atoms with Crippen molar-refractivity contribution in [1.82, 2.24) is 14.9 Å². The quantitative estimate of drug-likeness (QED) is 0.791. The van der Waals surface area contributed by atoms with E-state index in [4.69, 9.17) is 4.74 Å². The van der Waals surface area contributed by atoms with Crippen molar-refractivity contribution in [2.75, 3.05) is 19.8 Å². The van der Waals surface area contributed by atoms with Gasteiger partial charge in [-0.05, 0) is 45.4 Å². The summed E-state index contributed by atoms with van der Waals surface area (Å²) in [6.07, 6.45) is 0.778. The van der Waals surface area contributed by atoms with E-state index in [1.165, 1.54) is 0 Å². The maximum absolute atomic E-state index is 12.2. The lowest BCUT2D eigenvalue weighted by Gasteiger charge is -2.10. The molecule has 1 heterocycles. The second kappa shape index (κ2) is 7.87. The zero-order valence-electron chi connectivity index (χ0n) is 13.9. The van der Waals surface area contributed by atoms with Crippen LogP contribution in [0, 0.1) is 6.92 Å². The molecule has 1 amide bonds. The predicted molar refractivity (Wildman–Crippen MR) is 89.9 cm³/mol. The number of hydrogen-bond acceptors (Lipinski definition) is 4. The topological polar surface area (TPSA) is 73.2 Å². The molecule has 0 atom stereocenters. The summed E-state index contributed by atoms with van der Waals surface area (Å²) in [4.78, 5) is 28.6. The monoisotopic (exact) mass is 317 g/mol. The van der Waals surface area contributed by atoms with Crippen LogP contribution in [0.25, 0.3) is 11.0 Å².